The molecule has 38 heavy (non-hydrogen) atoms. The van der Waals surface area contributed by atoms with Gasteiger partial charge in [-0.3, -0.25) is 4.79 Å². The third-order valence-corrected chi connectivity index (χ3v) is 6.67. The number of epoxide rings is 1. The normalized spacial score (nSPS) is 20.7. The smallest absolute Gasteiger partial charge is 0.311 e. The van der Waals surface area contributed by atoms with Gasteiger partial charge < -0.3 is 33.2 Å². The average Bonchev–Trinajstić information content (AvgIpc) is 3.58. The lowest BCUT2D eigenvalue weighted by Gasteiger charge is -2.27. The van der Waals surface area contributed by atoms with Gasteiger partial charge in [-0.2, -0.15) is 0 Å². The highest BCUT2D eigenvalue weighted by Gasteiger charge is 2.61. The van der Waals surface area contributed by atoms with Crippen LogP contribution in [0.1, 0.15) is 65.4 Å². The monoisotopic (exact) mass is 538 g/mol. The molecule has 0 aliphatic carbocycles. The van der Waals surface area contributed by atoms with Crippen molar-refractivity contribution in [2.45, 2.75) is 84.2 Å². The van der Waals surface area contributed by atoms with Gasteiger partial charge in [-0.15, -0.1) is 0 Å². The third-order valence-electron chi connectivity index (χ3n) is 6.67. The summed E-state index contributed by atoms with van der Waals surface area (Å²) in [6.07, 6.45) is 4.12. The van der Waals surface area contributed by atoms with Crippen molar-refractivity contribution in [2.75, 3.05) is 54.0 Å². The maximum atomic E-state index is 12.1. The minimum atomic E-state index is -0.494. The molecule has 0 saturated carbocycles. The summed E-state index contributed by atoms with van der Waals surface area (Å²) in [6, 6.07) is 10.2. The quantitative estimate of drug-likeness (QED) is 0.0918. The molecule has 0 N–H and O–H groups in total. The second-order valence-electron chi connectivity index (χ2n) is 11.2. The van der Waals surface area contributed by atoms with Crippen LogP contribution in [0, 0.1) is 11.3 Å². The van der Waals surface area contributed by atoms with Crippen LogP contribution in [-0.2, 0) is 44.6 Å². The molecule has 8 nitrogen and oxygen atoms in total. The van der Waals surface area contributed by atoms with Crippen LogP contribution in [0.25, 0.3) is 0 Å². The Balaban J connectivity index is 1.84. The Morgan fingerprint density at radius 2 is 1.76 bits per heavy atom. The first-order valence-electron chi connectivity index (χ1n) is 13.9. The van der Waals surface area contributed by atoms with Gasteiger partial charge >= 0.3 is 5.97 Å². The average molecular weight is 539 g/mol. The number of rotatable bonds is 21. The summed E-state index contributed by atoms with van der Waals surface area (Å²) in [5, 5.41) is 0. The van der Waals surface area contributed by atoms with E-state index in [1.54, 1.807) is 14.2 Å². The molecule has 0 unspecified atom stereocenters. The van der Waals surface area contributed by atoms with Gasteiger partial charge in [-0.05, 0) is 64.4 Å². The van der Waals surface area contributed by atoms with Gasteiger partial charge in [0.2, 0.25) is 0 Å². The van der Waals surface area contributed by atoms with Crippen molar-refractivity contribution in [3.63, 3.8) is 0 Å². The van der Waals surface area contributed by atoms with Gasteiger partial charge in [-0.1, -0.05) is 37.3 Å². The van der Waals surface area contributed by atoms with Crippen molar-refractivity contribution in [1.82, 2.24) is 0 Å². The van der Waals surface area contributed by atoms with Gasteiger partial charge in [-0.25, -0.2) is 0 Å². The third kappa shape index (κ3) is 11.7. The zero-order chi connectivity index (χ0) is 27.9. The largest absolute Gasteiger partial charge is 0.465 e. The van der Waals surface area contributed by atoms with Crippen LogP contribution in [0.4, 0.5) is 0 Å². The van der Waals surface area contributed by atoms with Crippen molar-refractivity contribution in [3.05, 3.63) is 35.9 Å². The fourth-order valence-electron chi connectivity index (χ4n) is 4.59. The molecule has 0 amide bonds. The summed E-state index contributed by atoms with van der Waals surface area (Å²) in [6.45, 7) is 11.3. The van der Waals surface area contributed by atoms with Crippen molar-refractivity contribution >= 4 is 5.97 Å². The summed E-state index contributed by atoms with van der Waals surface area (Å²) in [5.74, 6) is 0.0842. The summed E-state index contributed by atoms with van der Waals surface area (Å²) in [5.41, 5.74) is 0.304. The van der Waals surface area contributed by atoms with E-state index >= 15 is 0 Å². The van der Waals surface area contributed by atoms with E-state index in [0.717, 1.165) is 32.1 Å². The molecule has 0 radical (unpaired) electrons. The van der Waals surface area contributed by atoms with Crippen molar-refractivity contribution in [1.29, 1.82) is 0 Å². The summed E-state index contributed by atoms with van der Waals surface area (Å²) < 4.78 is 39.8. The molecule has 1 aromatic rings. The van der Waals surface area contributed by atoms with Crippen LogP contribution in [0.15, 0.2) is 30.3 Å². The molecule has 0 aromatic heterocycles. The molecule has 0 bridgehead atoms. The number of carbonyl (C=O) groups is 1. The van der Waals surface area contributed by atoms with E-state index in [1.807, 2.05) is 39.0 Å². The Labute approximate surface area is 229 Å². The number of esters is 1. The summed E-state index contributed by atoms with van der Waals surface area (Å²) in [4.78, 5) is 12.1. The molecule has 1 aromatic carbocycles. The molecule has 8 heteroatoms. The number of hydrogen-bond donors (Lipinski definition) is 0. The topological polar surface area (TPSA) is 85.0 Å². The lowest BCUT2D eigenvalue weighted by molar-refractivity contribution is -0.153. The highest BCUT2D eigenvalue weighted by molar-refractivity contribution is 5.75. The molecular formula is C30H50O8. The van der Waals surface area contributed by atoms with Gasteiger partial charge in [0.25, 0.3) is 0 Å². The highest BCUT2D eigenvalue weighted by Crippen LogP contribution is 2.49. The van der Waals surface area contributed by atoms with Crippen LogP contribution in [-0.4, -0.2) is 77.8 Å². The Morgan fingerprint density at radius 3 is 2.45 bits per heavy atom. The Kier molecular flexibility index (Phi) is 14.8. The number of benzene rings is 1. The molecule has 1 heterocycles. The minimum absolute atomic E-state index is 0.0506. The van der Waals surface area contributed by atoms with Crippen LogP contribution >= 0.6 is 0 Å². The van der Waals surface area contributed by atoms with E-state index in [0.29, 0.717) is 39.6 Å². The van der Waals surface area contributed by atoms with Crippen molar-refractivity contribution in [3.8, 4) is 0 Å². The Hall–Kier alpha value is -1.55. The maximum Gasteiger partial charge on any atom is 0.311 e. The van der Waals surface area contributed by atoms with Crippen LogP contribution in [0.5, 0.6) is 0 Å². The first-order valence-corrected chi connectivity index (χ1v) is 13.9. The Bertz CT molecular complexity index is 765. The van der Waals surface area contributed by atoms with E-state index in [9.17, 15) is 4.79 Å². The van der Waals surface area contributed by atoms with Gasteiger partial charge in [0, 0.05) is 20.8 Å². The first kappa shape index (κ1) is 32.7. The van der Waals surface area contributed by atoms with Crippen molar-refractivity contribution in [2.24, 2.45) is 11.3 Å². The minimum Gasteiger partial charge on any atom is -0.465 e. The second-order valence-corrected chi connectivity index (χ2v) is 11.2. The van der Waals surface area contributed by atoms with E-state index < -0.39 is 5.41 Å². The highest BCUT2D eigenvalue weighted by atomic mass is 16.7. The standard InChI is InChI=1S/C30H50O8/c1-24(21-36-23-35-19-18-32-5)20-30(27(38-30)15-11-17-37-28(31)29(2,3)4)26(33-6)14-10-16-34-22-25-12-8-7-9-13-25/h7-9,12-13,24,26-27H,10-11,14-23H2,1-6H3/t24-,26-,27-,30-/m1/s1. The molecular weight excluding hydrogens is 488 g/mol. The first-order chi connectivity index (χ1) is 18.2. The zero-order valence-corrected chi connectivity index (χ0v) is 24.4. The number of methoxy groups -OCH3 is 2. The van der Waals surface area contributed by atoms with Gasteiger partial charge in [0.1, 0.15) is 12.4 Å². The summed E-state index contributed by atoms with van der Waals surface area (Å²) in [7, 11) is 3.40. The number of carbonyl (C=O) groups excluding carboxylic acids is 1. The van der Waals surface area contributed by atoms with Gasteiger partial charge in [0.05, 0.1) is 50.7 Å². The van der Waals surface area contributed by atoms with E-state index in [-0.39, 0.29) is 36.5 Å². The van der Waals surface area contributed by atoms with E-state index in [1.165, 1.54) is 5.56 Å². The predicted molar refractivity (Wildman–Crippen MR) is 146 cm³/mol. The molecule has 218 valence electrons. The molecule has 1 fully saturated rings. The second kappa shape index (κ2) is 17.2. The van der Waals surface area contributed by atoms with Crippen LogP contribution < -0.4 is 0 Å². The molecule has 0 spiro atoms. The molecule has 2 rings (SSSR count). The van der Waals surface area contributed by atoms with Crippen LogP contribution in [0.3, 0.4) is 0 Å². The number of ether oxygens (including phenoxy) is 7. The lowest BCUT2D eigenvalue weighted by atomic mass is 9.85. The number of hydrogen-bond acceptors (Lipinski definition) is 8. The molecule has 4 atom stereocenters. The lowest BCUT2D eigenvalue weighted by Crippen LogP contribution is -2.37. The fourth-order valence-corrected chi connectivity index (χ4v) is 4.59. The predicted octanol–water partition coefficient (Wildman–Crippen LogP) is 5.17. The van der Waals surface area contributed by atoms with Gasteiger partial charge in [0.15, 0.2) is 0 Å². The maximum absolute atomic E-state index is 12.1. The SMILES string of the molecule is COCCOCOC[C@H](C)C[C@]1([C@@H](CCCOCc2ccccc2)OC)O[C@@H]1CCCOC(=O)C(C)(C)C. The Morgan fingerprint density at radius 1 is 1.00 bits per heavy atom. The van der Waals surface area contributed by atoms with E-state index in [4.69, 9.17) is 33.2 Å². The fraction of sp³-hybridized carbons (Fsp3) is 0.767. The molecule has 1 saturated heterocycles. The van der Waals surface area contributed by atoms with E-state index in [2.05, 4.69) is 19.1 Å². The van der Waals surface area contributed by atoms with Crippen LogP contribution in [0.2, 0.25) is 0 Å². The molecule has 1 aliphatic heterocycles. The molecule has 1 aliphatic rings. The van der Waals surface area contributed by atoms with Crippen molar-refractivity contribution < 1.29 is 38.0 Å². The zero-order valence-electron chi connectivity index (χ0n) is 24.4. The summed E-state index contributed by atoms with van der Waals surface area (Å²) >= 11 is 0.